The van der Waals surface area contributed by atoms with Crippen LogP contribution in [0.2, 0.25) is 0 Å². The van der Waals surface area contributed by atoms with Gasteiger partial charge >= 0.3 is 5.97 Å². The highest BCUT2D eigenvalue weighted by atomic mass is 16.5. The third-order valence-corrected chi connectivity index (χ3v) is 6.97. The summed E-state index contributed by atoms with van der Waals surface area (Å²) in [4.78, 5) is 11.8. The van der Waals surface area contributed by atoms with E-state index in [4.69, 9.17) is 4.74 Å². The molecule has 202 valence electrons. The Morgan fingerprint density at radius 1 is 0.471 bits per heavy atom. The Labute approximate surface area is 215 Å². The van der Waals surface area contributed by atoms with Crippen molar-refractivity contribution in [2.75, 3.05) is 6.61 Å². The fourth-order valence-electron chi connectivity index (χ4n) is 4.62. The Morgan fingerprint density at radius 3 is 1.18 bits per heavy atom. The fourth-order valence-corrected chi connectivity index (χ4v) is 4.62. The molecule has 0 radical (unpaired) electrons. The SMILES string of the molecule is CCCCCCCCCCCCCCCCCC=CC(=O)OCCCCCCCCCCCC. The summed E-state index contributed by atoms with van der Waals surface area (Å²) in [6, 6.07) is 0. The summed E-state index contributed by atoms with van der Waals surface area (Å²) in [7, 11) is 0. The number of hydrogen-bond acceptors (Lipinski definition) is 2. The zero-order valence-corrected chi connectivity index (χ0v) is 23.6. The molecule has 0 aliphatic carbocycles. The number of carbonyl (C=O) groups is 1. The molecule has 2 nitrogen and oxygen atoms in total. The number of rotatable bonds is 28. The summed E-state index contributed by atoms with van der Waals surface area (Å²) in [6.07, 6.45) is 38.6. The molecule has 0 fully saturated rings. The lowest BCUT2D eigenvalue weighted by atomic mass is 10.0. The predicted octanol–water partition coefficient (Wildman–Crippen LogP) is 11.3. The van der Waals surface area contributed by atoms with Crippen LogP contribution in [0.5, 0.6) is 0 Å². The van der Waals surface area contributed by atoms with Crippen molar-refractivity contribution in [3.63, 3.8) is 0 Å². The van der Waals surface area contributed by atoms with E-state index in [9.17, 15) is 4.79 Å². The number of unbranched alkanes of at least 4 members (excludes halogenated alkanes) is 24. The Bertz CT molecular complexity index is 415. The molecule has 0 amide bonds. The van der Waals surface area contributed by atoms with Gasteiger partial charge in [0.05, 0.1) is 6.61 Å². The van der Waals surface area contributed by atoms with Gasteiger partial charge in [-0.15, -0.1) is 0 Å². The normalized spacial score (nSPS) is 11.5. The second kappa shape index (κ2) is 30.2. The number of carbonyl (C=O) groups excluding carboxylic acids is 1. The first-order valence-electron chi connectivity index (χ1n) is 15.6. The molecule has 0 saturated carbocycles. The van der Waals surface area contributed by atoms with Crippen molar-refractivity contribution in [1.82, 2.24) is 0 Å². The van der Waals surface area contributed by atoms with Gasteiger partial charge in [0.1, 0.15) is 0 Å². The zero-order valence-electron chi connectivity index (χ0n) is 23.6. The van der Waals surface area contributed by atoms with Crippen LogP contribution in [0, 0.1) is 0 Å². The zero-order chi connectivity index (χ0) is 24.8. The summed E-state index contributed by atoms with van der Waals surface area (Å²) in [5.41, 5.74) is 0. The van der Waals surface area contributed by atoms with Crippen LogP contribution in [0.4, 0.5) is 0 Å². The van der Waals surface area contributed by atoms with E-state index in [1.807, 2.05) is 6.08 Å². The molecular weight excluding hydrogens is 416 g/mol. The van der Waals surface area contributed by atoms with E-state index in [0.717, 1.165) is 12.8 Å². The van der Waals surface area contributed by atoms with Crippen LogP contribution in [-0.2, 0) is 9.53 Å². The van der Waals surface area contributed by atoms with Crippen molar-refractivity contribution >= 4 is 5.97 Å². The second-order valence-corrected chi connectivity index (χ2v) is 10.5. The smallest absolute Gasteiger partial charge is 0.330 e. The average molecular weight is 479 g/mol. The van der Waals surface area contributed by atoms with Crippen LogP contribution >= 0.6 is 0 Å². The van der Waals surface area contributed by atoms with Crippen molar-refractivity contribution in [1.29, 1.82) is 0 Å². The van der Waals surface area contributed by atoms with E-state index in [1.54, 1.807) is 6.08 Å². The van der Waals surface area contributed by atoms with Crippen LogP contribution in [0.15, 0.2) is 12.2 Å². The van der Waals surface area contributed by atoms with E-state index in [2.05, 4.69) is 13.8 Å². The second-order valence-electron chi connectivity index (χ2n) is 10.5. The van der Waals surface area contributed by atoms with Crippen LogP contribution in [0.25, 0.3) is 0 Å². The highest BCUT2D eigenvalue weighted by Crippen LogP contribution is 2.14. The summed E-state index contributed by atoms with van der Waals surface area (Å²) >= 11 is 0. The van der Waals surface area contributed by atoms with Gasteiger partial charge in [0, 0.05) is 6.08 Å². The summed E-state index contributed by atoms with van der Waals surface area (Å²) < 4.78 is 5.32. The minimum Gasteiger partial charge on any atom is -0.463 e. The molecule has 0 aliphatic rings. The van der Waals surface area contributed by atoms with Gasteiger partial charge in [-0.2, -0.15) is 0 Å². The number of hydrogen-bond donors (Lipinski definition) is 0. The van der Waals surface area contributed by atoms with E-state index in [0.29, 0.717) is 6.61 Å². The lowest BCUT2D eigenvalue weighted by Gasteiger charge is -2.03. The molecule has 0 aromatic heterocycles. The fraction of sp³-hybridized carbons (Fsp3) is 0.906. The molecule has 0 aromatic carbocycles. The number of allylic oxidation sites excluding steroid dienone is 1. The molecule has 0 heterocycles. The predicted molar refractivity (Wildman–Crippen MR) is 151 cm³/mol. The Hall–Kier alpha value is -0.790. The first-order valence-corrected chi connectivity index (χ1v) is 15.6. The van der Waals surface area contributed by atoms with Crippen LogP contribution in [0.1, 0.15) is 181 Å². The van der Waals surface area contributed by atoms with Crippen molar-refractivity contribution < 1.29 is 9.53 Å². The van der Waals surface area contributed by atoms with E-state index in [1.165, 1.54) is 154 Å². The molecule has 0 unspecified atom stereocenters. The summed E-state index contributed by atoms with van der Waals surface area (Å²) in [5, 5.41) is 0. The first-order chi connectivity index (χ1) is 16.8. The summed E-state index contributed by atoms with van der Waals surface area (Å²) in [5.74, 6) is -0.156. The van der Waals surface area contributed by atoms with Gasteiger partial charge in [-0.3, -0.25) is 0 Å². The molecule has 0 rings (SSSR count). The lowest BCUT2D eigenvalue weighted by Crippen LogP contribution is -2.02. The Balaban J connectivity index is 3.21. The van der Waals surface area contributed by atoms with Crippen molar-refractivity contribution in [3.8, 4) is 0 Å². The van der Waals surface area contributed by atoms with Gasteiger partial charge in [-0.25, -0.2) is 4.79 Å². The molecule has 0 N–H and O–H groups in total. The van der Waals surface area contributed by atoms with Gasteiger partial charge in [0.25, 0.3) is 0 Å². The quantitative estimate of drug-likeness (QED) is 0.0634. The molecule has 2 heteroatoms. The Morgan fingerprint density at radius 2 is 0.794 bits per heavy atom. The molecule has 0 spiro atoms. The first kappa shape index (κ1) is 33.2. The lowest BCUT2D eigenvalue weighted by molar-refractivity contribution is -0.137. The number of esters is 1. The molecular formula is C32H62O2. The molecule has 0 saturated heterocycles. The van der Waals surface area contributed by atoms with E-state index < -0.39 is 0 Å². The maximum Gasteiger partial charge on any atom is 0.330 e. The van der Waals surface area contributed by atoms with Gasteiger partial charge in [0.15, 0.2) is 0 Å². The molecule has 34 heavy (non-hydrogen) atoms. The average Bonchev–Trinajstić information content (AvgIpc) is 2.84. The van der Waals surface area contributed by atoms with Crippen LogP contribution < -0.4 is 0 Å². The van der Waals surface area contributed by atoms with Crippen molar-refractivity contribution in [2.24, 2.45) is 0 Å². The van der Waals surface area contributed by atoms with Crippen molar-refractivity contribution in [3.05, 3.63) is 12.2 Å². The summed E-state index contributed by atoms with van der Waals surface area (Å²) in [6.45, 7) is 5.14. The highest BCUT2D eigenvalue weighted by molar-refractivity contribution is 5.81. The maximum absolute atomic E-state index is 11.8. The third-order valence-electron chi connectivity index (χ3n) is 6.97. The molecule has 0 aliphatic heterocycles. The minimum absolute atomic E-state index is 0.156. The topological polar surface area (TPSA) is 26.3 Å². The van der Waals surface area contributed by atoms with Gasteiger partial charge in [-0.1, -0.05) is 168 Å². The van der Waals surface area contributed by atoms with Gasteiger partial charge in [0.2, 0.25) is 0 Å². The van der Waals surface area contributed by atoms with Crippen LogP contribution in [-0.4, -0.2) is 12.6 Å². The van der Waals surface area contributed by atoms with Gasteiger partial charge in [-0.05, 0) is 19.3 Å². The van der Waals surface area contributed by atoms with E-state index in [-0.39, 0.29) is 5.97 Å². The van der Waals surface area contributed by atoms with Crippen molar-refractivity contribution in [2.45, 2.75) is 181 Å². The monoisotopic (exact) mass is 478 g/mol. The molecule has 0 bridgehead atoms. The van der Waals surface area contributed by atoms with Crippen LogP contribution in [0.3, 0.4) is 0 Å². The number of ether oxygens (including phenoxy) is 1. The van der Waals surface area contributed by atoms with Gasteiger partial charge < -0.3 is 4.74 Å². The van der Waals surface area contributed by atoms with E-state index >= 15 is 0 Å². The highest BCUT2D eigenvalue weighted by Gasteiger charge is 1.98. The standard InChI is InChI=1S/C32H62O2/c1-3-5-7-9-11-13-15-16-17-18-19-20-21-22-24-26-28-30-32(33)34-31-29-27-25-23-14-12-10-8-6-4-2/h28,30H,3-27,29,31H2,1-2H3. The largest absolute Gasteiger partial charge is 0.463 e. The molecule has 0 atom stereocenters. The molecule has 0 aromatic rings. The Kier molecular flexibility index (Phi) is 29.5. The minimum atomic E-state index is -0.156. The third kappa shape index (κ3) is 29.2. The maximum atomic E-state index is 11.8.